The third kappa shape index (κ3) is 11.5. The molecule has 4 rings (SSSR count). The molecule has 2 aliphatic heterocycles. The fourth-order valence-electron chi connectivity index (χ4n) is 4.60. The van der Waals surface area contributed by atoms with Crippen molar-refractivity contribution < 1.29 is 66.7 Å². The molecule has 2 bridgehead atoms. The second kappa shape index (κ2) is 11.8. The quantitative estimate of drug-likeness (QED) is 0.346. The minimum Gasteiger partial charge on any atom is -0.268 e. The van der Waals surface area contributed by atoms with Crippen molar-refractivity contribution >= 4 is 0 Å². The van der Waals surface area contributed by atoms with Crippen LogP contribution in [0.3, 0.4) is 0 Å². The zero-order valence-corrected chi connectivity index (χ0v) is 19.6. The van der Waals surface area contributed by atoms with Crippen LogP contribution in [0.15, 0.2) is 60.7 Å². The summed E-state index contributed by atoms with van der Waals surface area (Å²) in [4.78, 5) is 0. The molecule has 12 heteroatoms. The lowest BCUT2D eigenvalue weighted by Gasteiger charge is -2.27. The van der Waals surface area contributed by atoms with E-state index in [1.165, 1.54) is 78.9 Å². The topological polar surface area (TPSA) is 184 Å². The van der Waals surface area contributed by atoms with Crippen LogP contribution in [0.1, 0.15) is 11.1 Å². The maximum absolute atomic E-state index is 8.49. The summed E-state index contributed by atoms with van der Waals surface area (Å²) in [5, 5.41) is 0. The van der Waals surface area contributed by atoms with Gasteiger partial charge in [0.25, 0.3) is 0 Å². The molecule has 0 saturated carbocycles. The number of hydrogen-bond donors (Lipinski definition) is 0. The van der Waals surface area contributed by atoms with E-state index >= 15 is 0 Å². The van der Waals surface area contributed by atoms with Crippen molar-refractivity contribution in [2.24, 2.45) is 0 Å². The number of benzene rings is 2. The molecule has 0 atom stereocenters. The van der Waals surface area contributed by atoms with Crippen LogP contribution in [-0.4, -0.2) is 54.9 Å². The molecule has 10 nitrogen and oxygen atoms in total. The molecule has 0 unspecified atom stereocenters. The Morgan fingerprint density at radius 1 is 0.515 bits per heavy atom. The predicted molar refractivity (Wildman–Crippen MR) is 94.9 cm³/mol. The number of piperazine rings is 1. The van der Waals surface area contributed by atoms with E-state index in [-0.39, 0.29) is 0 Å². The lowest BCUT2D eigenvalue weighted by atomic mass is 10.1. The van der Waals surface area contributed by atoms with Gasteiger partial charge < -0.3 is 0 Å². The molecular formula is C21H28Cl2N2O8. The largest absolute Gasteiger partial charge is 0.268 e. The lowest BCUT2D eigenvalue weighted by molar-refractivity contribution is -2.00. The van der Waals surface area contributed by atoms with Crippen molar-refractivity contribution in [2.75, 3.05) is 45.9 Å². The first kappa shape index (κ1) is 27.9. The van der Waals surface area contributed by atoms with Crippen molar-refractivity contribution in [2.45, 2.75) is 12.8 Å². The van der Waals surface area contributed by atoms with Gasteiger partial charge >= 0.3 is 0 Å². The molecule has 2 fully saturated rings. The van der Waals surface area contributed by atoms with Gasteiger partial charge in [0.2, 0.25) is 6.67 Å². The summed E-state index contributed by atoms with van der Waals surface area (Å²) in [6, 6.07) is 22.0. The van der Waals surface area contributed by atoms with Crippen LogP contribution in [-0.2, 0) is 12.8 Å². The van der Waals surface area contributed by atoms with E-state index in [0.717, 1.165) is 0 Å². The Bertz CT molecular complexity index is 742. The lowest BCUT2D eigenvalue weighted by Crippen LogP contribution is -2.68. The molecule has 33 heavy (non-hydrogen) atoms. The van der Waals surface area contributed by atoms with Crippen LogP contribution in [0.25, 0.3) is 0 Å². The summed E-state index contributed by atoms with van der Waals surface area (Å²) >= 11 is 0. The average molecular weight is 507 g/mol. The fourth-order valence-corrected chi connectivity index (χ4v) is 4.60. The number of hydrogen-bond acceptors (Lipinski definition) is 8. The molecule has 2 heterocycles. The smallest absolute Gasteiger partial charge is 0.208 e. The van der Waals surface area contributed by atoms with E-state index in [1.807, 2.05) is 0 Å². The van der Waals surface area contributed by atoms with Crippen molar-refractivity contribution in [1.82, 2.24) is 0 Å². The molecule has 2 aromatic carbocycles. The molecule has 0 N–H and O–H groups in total. The van der Waals surface area contributed by atoms with Gasteiger partial charge in [-0.05, 0) is 11.1 Å². The van der Waals surface area contributed by atoms with Gasteiger partial charge in [0, 0.05) is 12.8 Å². The Kier molecular flexibility index (Phi) is 10.0. The first-order valence-electron chi connectivity index (χ1n) is 10.3. The maximum atomic E-state index is 8.49. The maximum Gasteiger partial charge on any atom is 0.208 e. The SMILES string of the molecule is [O-][Cl+3]([O-])([O-])[O-].[O-][Cl+3]([O-])([O-])[O-].c1ccc(CC[N+]23CC[N+](CCc4ccccc4)(CC2)C3)cc1. The summed E-state index contributed by atoms with van der Waals surface area (Å²) in [6.07, 6.45) is 2.47. The van der Waals surface area contributed by atoms with Crippen molar-refractivity contribution in [3.8, 4) is 0 Å². The van der Waals surface area contributed by atoms with Gasteiger partial charge in [-0.15, -0.1) is 20.5 Å². The second-order valence-electron chi connectivity index (χ2n) is 8.39. The summed E-state index contributed by atoms with van der Waals surface area (Å²) in [6.45, 7) is 9.59. The van der Waals surface area contributed by atoms with Crippen molar-refractivity contribution in [3.63, 3.8) is 0 Å². The number of rotatable bonds is 6. The van der Waals surface area contributed by atoms with Gasteiger partial charge in [0.1, 0.15) is 26.2 Å². The van der Waals surface area contributed by atoms with Gasteiger partial charge in [-0.3, -0.25) is 8.97 Å². The van der Waals surface area contributed by atoms with Crippen LogP contribution >= 0.6 is 0 Å². The zero-order valence-electron chi connectivity index (χ0n) is 18.1. The van der Waals surface area contributed by atoms with E-state index < -0.39 is 20.5 Å². The summed E-state index contributed by atoms with van der Waals surface area (Å²) in [5.41, 5.74) is 3.00. The van der Waals surface area contributed by atoms with Crippen LogP contribution in [0, 0.1) is 20.5 Å². The molecule has 184 valence electrons. The highest BCUT2D eigenvalue weighted by atomic mass is 35.7. The first-order chi connectivity index (χ1) is 15.3. The minimum absolute atomic E-state index is 1.24. The molecule has 0 amide bonds. The molecule has 0 radical (unpaired) electrons. The Hall–Kier alpha value is -1.38. The van der Waals surface area contributed by atoms with E-state index in [4.69, 9.17) is 37.3 Å². The minimum atomic E-state index is -4.94. The molecule has 2 saturated heterocycles. The molecule has 0 aromatic heterocycles. The predicted octanol–water partition coefficient (Wildman–Crippen LogP) is -6.42. The van der Waals surface area contributed by atoms with Gasteiger partial charge in [-0.2, -0.15) is 0 Å². The van der Waals surface area contributed by atoms with Crippen molar-refractivity contribution in [1.29, 1.82) is 0 Å². The second-order valence-corrected chi connectivity index (χ2v) is 9.91. The number of fused-ring (bicyclic) bond motifs is 2. The third-order valence-electron chi connectivity index (χ3n) is 6.13. The normalized spacial score (nSPS) is 23.9. The van der Waals surface area contributed by atoms with E-state index in [9.17, 15) is 0 Å². The third-order valence-corrected chi connectivity index (χ3v) is 6.13. The van der Waals surface area contributed by atoms with Crippen molar-refractivity contribution in [3.05, 3.63) is 71.8 Å². The Morgan fingerprint density at radius 3 is 1.06 bits per heavy atom. The molecule has 2 aromatic rings. The molecule has 2 aliphatic rings. The van der Waals surface area contributed by atoms with Gasteiger partial charge in [0.15, 0.2) is 0 Å². The standard InChI is InChI=1S/C21H28N2.2ClHO4/c1-3-7-20(8-4-1)11-13-22-15-17-23(19-22,18-16-22)14-12-21-9-5-2-6-10-21;2*2-1(3,4)5/h1-10H,11-19H2;2*(H,2,3,4,5)/q+2;;/p-2. The monoisotopic (exact) mass is 506 g/mol. The summed E-state index contributed by atoms with van der Waals surface area (Å²) < 4.78 is 70.7. The zero-order chi connectivity index (χ0) is 24.6. The highest BCUT2D eigenvalue weighted by Gasteiger charge is 2.54. The number of nitrogens with zero attached hydrogens (tertiary/aromatic N) is 2. The highest BCUT2D eigenvalue weighted by molar-refractivity contribution is 5.15. The van der Waals surface area contributed by atoms with Gasteiger partial charge in [-0.25, -0.2) is 37.3 Å². The first-order valence-corrected chi connectivity index (χ1v) is 12.8. The van der Waals surface area contributed by atoms with Crippen LogP contribution in [0.5, 0.6) is 0 Å². The Labute approximate surface area is 197 Å². The molecule has 0 aliphatic carbocycles. The van der Waals surface area contributed by atoms with E-state index in [0.29, 0.717) is 0 Å². The Balaban J connectivity index is 0.000000327. The number of quaternary nitrogens is 2. The fraction of sp³-hybridized carbons (Fsp3) is 0.429. The van der Waals surface area contributed by atoms with Gasteiger partial charge in [-0.1, -0.05) is 60.7 Å². The average Bonchev–Trinajstić information content (AvgIpc) is 3.27. The molecule has 0 spiro atoms. The molecular weight excluding hydrogens is 479 g/mol. The number of halogens is 2. The van der Waals surface area contributed by atoms with Gasteiger partial charge in [0.05, 0.1) is 13.1 Å². The summed E-state index contributed by atoms with van der Waals surface area (Å²) in [5.74, 6) is 0. The van der Waals surface area contributed by atoms with Crippen LogP contribution in [0.4, 0.5) is 0 Å². The van der Waals surface area contributed by atoms with Crippen LogP contribution < -0.4 is 37.3 Å². The van der Waals surface area contributed by atoms with Crippen LogP contribution in [0.2, 0.25) is 0 Å². The Morgan fingerprint density at radius 2 is 0.788 bits per heavy atom. The van der Waals surface area contributed by atoms with E-state index in [2.05, 4.69) is 60.7 Å². The highest BCUT2D eigenvalue weighted by Crippen LogP contribution is 2.32. The van der Waals surface area contributed by atoms with E-state index in [1.54, 1.807) is 0 Å². The summed E-state index contributed by atoms with van der Waals surface area (Å²) in [7, 11) is -9.89.